The van der Waals surface area contributed by atoms with Crippen molar-refractivity contribution in [2.24, 2.45) is 5.10 Å². The Hall–Kier alpha value is -6.60. The molecule has 6 rings (SSSR count). The summed E-state index contributed by atoms with van der Waals surface area (Å²) in [6, 6.07) is 26.5. The van der Waals surface area contributed by atoms with Gasteiger partial charge in [0.2, 0.25) is 11.0 Å². The number of hydrazone groups is 1. The third-order valence-corrected chi connectivity index (χ3v) is 8.53. The molecule has 262 valence electrons. The van der Waals surface area contributed by atoms with Crippen molar-refractivity contribution in [2.45, 2.75) is 13.3 Å². The molecule has 0 unspecified atom stereocenters. The van der Waals surface area contributed by atoms with Crippen LogP contribution in [0.2, 0.25) is 0 Å². The quantitative estimate of drug-likeness (QED) is 0.0289. The number of hydrogen-bond donors (Lipinski definition) is 2. The van der Waals surface area contributed by atoms with Gasteiger partial charge in [-0.1, -0.05) is 48.2 Å². The minimum Gasteiger partial charge on any atom is -0.493 e. The van der Waals surface area contributed by atoms with Crippen LogP contribution in [0.5, 0.6) is 17.4 Å². The number of ether oxygens (including phenoxy) is 4. The van der Waals surface area contributed by atoms with Gasteiger partial charge in [-0.15, -0.1) is 0 Å². The molecule has 52 heavy (non-hydrogen) atoms. The minimum absolute atomic E-state index is 0.243. The fraction of sp³-hybridized carbons (Fsp3) is 0.128. The Bertz CT molecular complexity index is 2320. The zero-order chi connectivity index (χ0) is 36.5. The summed E-state index contributed by atoms with van der Waals surface area (Å²) >= 11 is 1.33. The molecule has 13 heteroatoms. The van der Waals surface area contributed by atoms with E-state index in [1.807, 2.05) is 36.4 Å². The van der Waals surface area contributed by atoms with Gasteiger partial charge in [0.05, 0.1) is 32.1 Å². The van der Waals surface area contributed by atoms with E-state index in [0.29, 0.717) is 73.8 Å². The van der Waals surface area contributed by atoms with Crippen molar-refractivity contribution in [3.8, 4) is 17.4 Å². The van der Waals surface area contributed by atoms with E-state index in [1.54, 1.807) is 74.8 Å². The second-order valence-corrected chi connectivity index (χ2v) is 12.3. The van der Waals surface area contributed by atoms with E-state index < -0.39 is 11.9 Å². The molecule has 2 aromatic heterocycles. The van der Waals surface area contributed by atoms with E-state index in [0.717, 1.165) is 16.8 Å². The lowest BCUT2D eigenvalue weighted by atomic mass is 10.1. The Kier molecular flexibility index (Phi) is 11.1. The highest BCUT2D eigenvalue weighted by molar-refractivity contribution is 7.21. The van der Waals surface area contributed by atoms with Crippen LogP contribution in [0.25, 0.3) is 21.1 Å². The van der Waals surface area contributed by atoms with Gasteiger partial charge in [0, 0.05) is 35.4 Å². The summed E-state index contributed by atoms with van der Waals surface area (Å²) in [5.74, 6) is 0.220. The zero-order valence-corrected chi connectivity index (χ0v) is 29.1. The number of hydrogen-bond acceptors (Lipinski definition) is 12. The van der Waals surface area contributed by atoms with Crippen LogP contribution in [0.1, 0.15) is 38.3 Å². The van der Waals surface area contributed by atoms with Crippen LogP contribution >= 0.6 is 11.3 Å². The van der Waals surface area contributed by atoms with E-state index in [4.69, 9.17) is 18.9 Å². The second kappa shape index (κ2) is 16.4. The molecule has 0 atom stereocenters. The second-order valence-electron chi connectivity index (χ2n) is 11.3. The van der Waals surface area contributed by atoms with Crippen LogP contribution in [0.3, 0.4) is 0 Å². The smallest absolute Gasteiger partial charge is 0.343 e. The first-order valence-electron chi connectivity index (χ1n) is 16.1. The molecule has 12 nitrogen and oxygen atoms in total. The number of nitrogens with zero attached hydrogens (tertiary/aromatic N) is 3. The highest BCUT2D eigenvalue weighted by atomic mass is 32.1. The van der Waals surface area contributed by atoms with Crippen molar-refractivity contribution in [3.63, 3.8) is 0 Å². The molecular weight excluding hydrogens is 683 g/mol. The van der Waals surface area contributed by atoms with Crippen molar-refractivity contribution < 1.29 is 33.3 Å². The zero-order valence-electron chi connectivity index (χ0n) is 28.3. The lowest BCUT2D eigenvalue weighted by molar-refractivity contribution is -0.137. The Balaban J connectivity index is 1.04. The van der Waals surface area contributed by atoms with Crippen molar-refractivity contribution in [1.29, 1.82) is 0 Å². The maximum atomic E-state index is 13.3. The lowest BCUT2D eigenvalue weighted by Crippen LogP contribution is -2.15. The average Bonchev–Trinajstić information content (AvgIpc) is 3.57. The monoisotopic (exact) mass is 715 g/mol. The third-order valence-electron chi connectivity index (χ3n) is 7.66. The first kappa shape index (κ1) is 35.2. The normalized spacial score (nSPS) is 11.0. The predicted octanol–water partition coefficient (Wildman–Crippen LogP) is 7.58. The van der Waals surface area contributed by atoms with Crippen molar-refractivity contribution in [2.75, 3.05) is 31.1 Å². The number of carbonyl (C=O) groups is 3. The molecule has 0 bridgehead atoms. The van der Waals surface area contributed by atoms with Gasteiger partial charge in [0.25, 0.3) is 5.91 Å². The van der Waals surface area contributed by atoms with Gasteiger partial charge in [0.15, 0.2) is 0 Å². The molecule has 1 amide bonds. The van der Waals surface area contributed by atoms with Gasteiger partial charge >= 0.3 is 11.9 Å². The fourth-order valence-electron chi connectivity index (χ4n) is 5.06. The minimum atomic E-state index is -0.514. The molecule has 0 spiro atoms. The standard InChI is InChI=1S/C39H33N5O7S/c1-4-35(45)50-19-7-18-49-30-14-12-25-21-27(11-10-26(25)22-30)38(47)51-33-16-13-29(20-24(33)2)41-36(46)31-9-6-5-8-28(31)23-40-44-39-42-32-15-17-34(48-3)43-37(32)52-39/h4-6,8-17,20-23H,1,7,18-19H2,2-3H3,(H,41,46)(H,42,44)/b40-23+. The van der Waals surface area contributed by atoms with E-state index in [-0.39, 0.29) is 12.5 Å². The number of thiazole rings is 1. The molecule has 0 aliphatic heterocycles. The maximum Gasteiger partial charge on any atom is 0.343 e. The number of aromatic nitrogens is 2. The molecule has 0 saturated carbocycles. The Labute approximate surface area is 302 Å². The molecule has 2 N–H and O–H groups in total. The molecule has 4 aromatic carbocycles. The van der Waals surface area contributed by atoms with Crippen molar-refractivity contribution in [3.05, 3.63) is 126 Å². The number of aryl methyl sites for hydroxylation is 1. The molecule has 6 aromatic rings. The van der Waals surface area contributed by atoms with E-state index >= 15 is 0 Å². The summed E-state index contributed by atoms with van der Waals surface area (Å²) in [6.07, 6.45) is 3.21. The Morgan fingerprint density at radius 2 is 1.75 bits per heavy atom. The number of anilines is 2. The van der Waals surface area contributed by atoms with Gasteiger partial charge in [-0.05, 0) is 77.9 Å². The van der Waals surface area contributed by atoms with Crippen LogP contribution in [0.15, 0.2) is 109 Å². The highest BCUT2D eigenvalue weighted by Gasteiger charge is 2.15. The lowest BCUT2D eigenvalue weighted by Gasteiger charge is -2.12. The van der Waals surface area contributed by atoms with Gasteiger partial charge < -0.3 is 24.3 Å². The number of nitrogens with one attached hydrogen (secondary N) is 2. The number of benzene rings is 4. The summed E-state index contributed by atoms with van der Waals surface area (Å²) in [6.45, 7) is 5.78. The highest BCUT2D eigenvalue weighted by Crippen LogP contribution is 2.28. The molecule has 0 aliphatic rings. The number of carbonyl (C=O) groups excluding carboxylic acids is 3. The van der Waals surface area contributed by atoms with Crippen LogP contribution in [-0.2, 0) is 9.53 Å². The summed E-state index contributed by atoms with van der Waals surface area (Å²) in [5.41, 5.74) is 6.21. The number of fused-ring (bicyclic) bond motifs is 2. The number of esters is 2. The SMILES string of the molecule is C=CC(=O)OCCCOc1ccc2cc(C(=O)Oc3ccc(NC(=O)c4ccccc4/C=N/Nc4nc5ccc(OC)nc5s4)cc3C)ccc2c1. The summed E-state index contributed by atoms with van der Waals surface area (Å²) in [5, 5.41) is 9.48. The summed E-state index contributed by atoms with van der Waals surface area (Å²) in [7, 11) is 1.56. The van der Waals surface area contributed by atoms with Gasteiger partial charge in [0.1, 0.15) is 21.8 Å². The van der Waals surface area contributed by atoms with E-state index in [9.17, 15) is 14.4 Å². The number of rotatable bonds is 14. The first-order valence-corrected chi connectivity index (χ1v) is 16.9. The van der Waals surface area contributed by atoms with E-state index in [2.05, 4.69) is 32.4 Å². The summed E-state index contributed by atoms with van der Waals surface area (Å²) in [4.78, 5) is 47.1. The Morgan fingerprint density at radius 1 is 0.923 bits per heavy atom. The molecular formula is C39H33N5O7S. The van der Waals surface area contributed by atoms with Gasteiger partial charge in [-0.2, -0.15) is 5.10 Å². The molecule has 0 aliphatic carbocycles. The topological polar surface area (TPSA) is 150 Å². The Morgan fingerprint density at radius 3 is 2.58 bits per heavy atom. The van der Waals surface area contributed by atoms with Crippen molar-refractivity contribution in [1.82, 2.24) is 9.97 Å². The largest absolute Gasteiger partial charge is 0.493 e. The molecule has 0 fully saturated rings. The van der Waals surface area contributed by atoms with Crippen LogP contribution in [0, 0.1) is 6.92 Å². The van der Waals surface area contributed by atoms with E-state index in [1.165, 1.54) is 11.3 Å². The molecule has 0 saturated heterocycles. The maximum absolute atomic E-state index is 13.3. The van der Waals surface area contributed by atoms with Crippen LogP contribution < -0.4 is 25.0 Å². The fourth-order valence-corrected chi connectivity index (χ4v) is 5.83. The summed E-state index contributed by atoms with van der Waals surface area (Å²) < 4.78 is 21.6. The molecule has 2 heterocycles. The van der Waals surface area contributed by atoms with Crippen LogP contribution in [0.4, 0.5) is 10.8 Å². The van der Waals surface area contributed by atoms with Gasteiger partial charge in [-0.25, -0.2) is 19.6 Å². The predicted molar refractivity (Wildman–Crippen MR) is 201 cm³/mol. The molecule has 0 radical (unpaired) electrons. The first-order chi connectivity index (χ1) is 25.3. The van der Waals surface area contributed by atoms with Crippen LogP contribution in [-0.4, -0.2) is 54.4 Å². The number of amides is 1. The average molecular weight is 716 g/mol. The third kappa shape index (κ3) is 8.76. The number of methoxy groups -OCH3 is 1. The van der Waals surface area contributed by atoms with Gasteiger partial charge in [-0.3, -0.25) is 10.2 Å². The number of pyridine rings is 1. The van der Waals surface area contributed by atoms with Crippen molar-refractivity contribution >= 4 is 67.3 Å².